The van der Waals surface area contributed by atoms with E-state index in [0.29, 0.717) is 12.8 Å². The Hall–Kier alpha value is -1.08. The number of terminal acetylenes is 1. The minimum absolute atomic E-state index is 0.103. The van der Waals surface area contributed by atoms with Gasteiger partial charge < -0.3 is 0 Å². The van der Waals surface area contributed by atoms with Gasteiger partial charge in [-0.1, -0.05) is 17.7 Å². The van der Waals surface area contributed by atoms with Crippen LogP contribution in [0, 0.1) is 18.2 Å². The summed E-state index contributed by atoms with van der Waals surface area (Å²) in [6, 6.07) is 4.45. The highest BCUT2D eigenvalue weighted by Crippen LogP contribution is 2.22. The predicted octanol–water partition coefficient (Wildman–Crippen LogP) is 2.40. The van der Waals surface area contributed by atoms with Gasteiger partial charge in [0.05, 0.1) is 5.02 Å². The molecule has 15 heavy (non-hydrogen) atoms. The molecule has 2 nitrogen and oxygen atoms in total. The van der Waals surface area contributed by atoms with Crippen molar-refractivity contribution in [3.8, 4) is 12.3 Å². The van der Waals surface area contributed by atoms with Gasteiger partial charge in [0.1, 0.15) is 5.82 Å². The maximum Gasteiger partial charge on any atom is 0.142 e. The molecule has 4 heteroatoms. The fraction of sp³-hybridized carbons (Fsp3) is 0.273. The molecule has 0 amide bonds. The maximum atomic E-state index is 13.2. The maximum absolute atomic E-state index is 13.2. The minimum Gasteiger partial charge on any atom is -0.271 e. The second-order valence-electron chi connectivity index (χ2n) is 3.14. The van der Waals surface area contributed by atoms with Crippen LogP contribution in [0.3, 0.4) is 0 Å². The zero-order valence-corrected chi connectivity index (χ0v) is 8.89. The van der Waals surface area contributed by atoms with Crippen molar-refractivity contribution >= 4 is 11.6 Å². The highest BCUT2D eigenvalue weighted by atomic mass is 35.5. The molecule has 1 unspecified atom stereocenters. The number of hydrogen-bond donors (Lipinski definition) is 2. The molecule has 0 aromatic heterocycles. The van der Waals surface area contributed by atoms with E-state index < -0.39 is 5.82 Å². The van der Waals surface area contributed by atoms with E-state index in [4.69, 9.17) is 23.9 Å². The number of hydrazine groups is 1. The number of nitrogens with one attached hydrogen (secondary N) is 1. The number of benzene rings is 1. The fourth-order valence-corrected chi connectivity index (χ4v) is 1.42. The smallest absolute Gasteiger partial charge is 0.142 e. The Morgan fingerprint density at radius 3 is 2.87 bits per heavy atom. The zero-order chi connectivity index (χ0) is 11.3. The Labute approximate surface area is 93.6 Å². The van der Waals surface area contributed by atoms with Crippen LogP contribution < -0.4 is 11.3 Å². The summed E-state index contributed by atoms with van der Waals surface area (Å²) in [5.41, 5.74) is 3.34. The van der Waals surface area contributed by atoms with E-state index in [0.717, 1.165) is 5.56 Å². The average molecular weight is 227 g/mol. The van der Waals surface area contributed by atoms with Crippen LogP contribution in [0.25, 0.3) is 0 Å². The predicted molar refractivity (Wildman–Crippen MR) is 59.5 cm³/mol. The Morgan fingerprint density at radius 2 is 2.33 bits per heavy atom. The topological polar surface area (TPSA) is 38.0 Å². The van der Waals surface area contributed by atoms with Gasteiger partial charge in [0.15, 0.2) is 0 Å². The van der Waals surface area contributed by atoms with E-state index in [1.807, 2.05) is 0 Å². The molecule has 1 rings (SSSR count). The first-order valence-electron chi connectivity index (χ1n) is 4.53. The molecule has 3 N–H and O–H groups in total. The highest BCUT2D eigenvalue weighted by molar-refractivity contribution is 6.30. The number of halogens is 2. The van der Waals surface area contributed by atoms with Crippen LogP contribution in [0.5, 0.6) is 0 Å². The summed E-state index contributed by atoms with van der Waals surface area (Å²) in [5.74, 6) is 7.42. The molecule has 0 heterocycles. The summed E-state index contributed by atoms with van der Waals surface area (Å²) in [5, 5.41) is 0.103. The second-order valence-corrected chi connectivity index (χ2v) is 3.54. The van der Waals surface area contributed by atoms with Gasteiger partial charge in [0, 0.05) is 12.5 Å². The average Bonchev–Trinajstić information content (AvgIpc) is 2.24. The Balaban J connectivity index is 2.83. The lowest BCUT2D eigenvalue weighted by Crippen LogP contribution is -2.28. The summed E-state index contributed by atoms with van der Waals surface area (Å²) < 4.78 is 13.2. The van der Waals surface area contributed by atoms with E-state index in [2.05, 4.69) is 11.3 Å². The molecule has 0 spiro atoms. The van der Waals surface area contributed by atoms with Gasteiger partial charge in [-0.15, -0.1) is 12.3 Å². The van der Waals surface area contributed by atoms with Crippen molar-refractivity contribution in [3.05, 3.63) is 34.6 Å². The summed E-state index contributed by atoms with van der Waals surface area (Å²) >= 11 is 5.57. The van der Waals surface area contributed by atoms with Crippen molar-refractivity contribution in [1.29, 1.82) is 0 Å². The van der Waals surface area contributed by atoms with Crippen LogP contribution in [0.1, 0.15) is 24.4 Å². The van der Waals surface area contributed by atoms with Crippen molar-refractivity contribution in [2.24, 2.45) is 5.84 Å². The van der Waals surface area contributed by atoms with Crippen LogP contribution in [0.15, 0.2) is 18.2 Å². The standard InChI is InChI=1S/C11H12ClFN2/c1-2-3-4-11(15-14)8-5-6-9(12)10(13)7-8/h1,5-7,11,15H,3-4,14H2. The van der Waals surface area contributed by atoms with Crippen LogP contribution in [-0.4, -0.2) is 0 Å². The van der Waals surface area contributed by atoms with E-state index in [1.54, 1.807) is 6.07 Å². The fourth-order valence-electron chi connectivity index (χ4n) is 1.30. The third kappa shape index (κ3) is 3.21. The molecule has 0 saturated carbocycles. The lowest BCUT2D eigenvalue weighted by Gasteiger charge is -2.15. The first-order chi connectivity index (χ1) is 7.19. The van der Waals surface area contributed by atoms with Crippen molar-refractivity contribution in [3.63, 3.8) is 0 Å². The largest absolute Gasteiger partial charge is 0.271 e. The van der Waals surface area contributed by atoms with Crippen molar-refractivity contribution in [1.82, 2.24) is 5.43 Å². The summed E-state index contributed by atoms with van der Waals surface area (Å²) in [6.07, 6.45) is 6.39. The molecule has 0 saturated heterocycles. The quantitative estimate of drug-likeness (QED) is 0.470. The Bertz CT molecular complexity index is 373. The molecule has 1 atom stereocenters. The molecule has 1 aromatic carbocycles. The van der Waals surface area contributed by atoms with Crippen LogP contribution in [0.2, 0.25) is 5.02 Å². The number of rotatable bonds is 4. The third-order valence-electron chi connectivity index (χ3n) is 2.12. The molecular formula is C11H12ClFN2. The van der Waals surface area contributed by atoms with Gasteiger partial charge >= 0.3 is 0 Å². The molecule has 1 aromatic rings. The molecular weight excluding hydrogens is 215 g/mol. The van der Waals surface area contributed by atoms with Crippen LogP contribution in [-0.2, 0) is 0 Å². The molecule has 0 aliphatic carbocycles. The lowest BCUT2D eigenvalue weighted by molar-refractivity contribution is 0.519. The van der Waals surface area contributed by atoms with Gasteiger partial charge in [0.2, 0.25) is 0 Å². The van der Waals surface area contributed by atoms with Crippen LogP contribution in [0.4, 0.5) is 4.39 Å². The minimum atomic E-state index is -0.449. The monoisotopic (exact) mass is 226 g/mol. The van der Waals surface area contributed by atoms with Gasteiger partial charge in [-0.05, 0) is 24.1 Å². The second kappa shape index (κ2) is 5.72. The van der Waals surface area contributed by atoms with E-state index >= 15 is 0 Å². The van der Waals surface area contributed by atoms with Gasteiger partial charge in [-0.2, -0.15) is 0 Å². The Morgan fingerprint density at radius 1 is 1.60 bits per heavy atom. The summed E-state index contributed by atoms with van der Waals surface area (Å²) in [4.78, 5) is 0. The van der Waals surface area contributed by atoms with E-state index in [1.165, 1.54) is 12.1 Å². The van der Waals surface area contributed by atoms with Gasteiger partial charge in [-0.25, -0.2) is 4.39 Å². The van der Waals surface area contributed by atoms with Gasteiger partial charge in [-0.3, -0.25) is 11.3 Å². The van der Waals surface area contributed by atoms with Crippen molar-refractivity contribution in [2.75, 3.05) is 0 Å². The zero-order valence-electron chi connectivity index (χ0n) is 8.13. The first kappa shape index (κ1) is 12.0. The van der Waals surface area contributed by atoms with Crippen LogP contribution >= 0.6 is 11.6 Å². The van der Waals surface area contributed by atoms with Crippen molar-refractivity contribution < 1.29 is 4.39 Å². The van der Waals surface area contributed by atoms with Crippen molar-refractivity contribution in [2.45, 2.75) is 18.9 Å². The van der Waals surface area contributed by atoms with E-state index in [-0.39, 0.29) is 11.1 Å². The summed E-state index contributed by atoms with van der Waals surface area (Å²) in [6.45, 7) is 0. The van der Waals surface area contributed by atoms with E-state index in [9.17, 15) is 4.39 Å². The summed E-state index contributed by atoms with van der Waals surface area (Å²) in [7, 11) is 0. The Kier molecular flexibility index (Phi) is 4.57. The third-order valence-corrected chi connectivity index (χ3v) is 2.43. The molecule has 0 radical (unpaired) electrons. The normalized spacial score (nSPS) is 12.1. The number of hydrogen-bond acceptors (Lipinski definition) is 2. The molecule has 0 fully saturated rings. The molecule has 80 valence electrons. The molecule has 0 aliphatic rings. The molecule has 0 aliphatic heterocycles. The number of nitrogens with two attached hydrogens (primary N) is 1. The lowest BCUT2D eigenvalue weighted by atomic mass is 10.0. The van der Waals surface area contributed by atoms with Gasteiger partial charge in [0.25, 0.3) is 0 Å². The molecule has 0 bridgehead atoms. The first-order valence-corrected chi connectivity index (χ1v) is 4.91. The SMILES string of the molecule is C#CCCC(NN)c1ccc(Cl)c(F)c1. The highest BCUT2D eigenvalue weighted by Gasteiger charge is 2.10.